The predicted molar refractivity (Wildman–Crippen MR) is 66.9 cm³/mol. The van der Waals surface area contributed by atoms with E-state index in [1.807, 2.05) is 10.8 Å². The molecule has 0 amide bonds. The highest BCUT2D eigenvalue weighted by atomic mass is 35.5. The molecule has 5 heteroatoms. The van der Waals surface area contributed by atoms with Crippen molar-refractivity contribution in [3.8, 4) is 6.07 Å². The van der Waals surface area contributed by atoms with Gasteiger partial charge in [-0.1, -0.05) is 17.7 Å². The SMILES string of the molecule is N#Cc1cccc(Cl)c1NCCn1ccnc1. The zero-order valence-electron chi connectivity index (χ0n) is 9.10. The van der Waals surface area contributed by atoms with Crippen LogP contribution in [0.4, 0.5) is 5.69 Å². The zero-order chi connectivity index (χ0) is 12.1. The van der Waals surface area contributed by atoms with E-state index in [0.29, 0.717) is 22.8 Å². The quantitative estimate of drug-likeness (QED) is 0.902. The second kappa shape index (κ2) is 5.37. The van der Waals surface area contributed by atoms with Crippen LogP contribution in [0.2, 0.25) is 5.02 Å². The van der Waals surface area contributed by atoms with E-state index in [4.69, 9.17) is 16.9 Å². The first kappa shape index (κ1) is 11.5. The Morgan fingerprint density at radius 3 is 3.06 bits per heavy atom. The highest BCUT2D eigenvalue weighted by Crippen LogP contribution is 2.24. The first-order chi connectivity index (χ1) is 8.31. The van der Waals surface area contributed by atoms with Crippen LogP contribution in [-0.2, 0) is 6.54 Å². The molecular formula is C12H11ClN4. The summed E-state index contributed by atoms with van der Waals surface area (Å²) in [4.78, 5) is 3.96. The third kappa shape index (κ3) is 2.77. The lowest BCUT2D eigenvalue weighted by molar-refractivity contribution is 0.727. The second-order valence-corrected chi connectivity index (χ2v) is 3.91. The van der Waals surface area contributed by atoms with Crippen molar-refractivity contribution in [3.63, 3.8) is 0 Å². The maximum Gasteiger partial charge on any atom is 0.101 e. The topological polar surface area (TPSA) is 53.6 Å². The Labute approximate surface area is 104 Å². The van der Waals surface area contributed by atoms with Crippen LogP contribution in [0, 0.1) is 11.3 Å². The number of hydrogen-bond acceptors (Lipinski definition) is 3. The van der Waals surface area contributed by atoms with E-state index >= 15 is 0 Å². The molecule has 86 valence electrons. The van der Waals surface area contributed by atoms with Gasteiger partial charge in [0.2, 0.25) is 0 Å². The number of imidazole rings is 1. The number of rotatable bonds is 4. The van der Waals surface area contributed by atoms with Crippen LogP contribution < -0.4 is 5.32 Å². The van der Waals surface area contributed by atoms with Crippen molar-refractivity contribution in [2.75, 3.05) is 11.9 Å². The van der Waals surface area contributed by atoms with Crippen molar-refractivity contribution in [2.45, 2.75) is 6.54 Å². The molecule has 0 aliphatic rings. The van der Waals surface area contributed by atoms with E-state index in [9.17, 15) is 0 Å². The van der Waals surface area contributed by atoms with Crippen LogP contribution in [0.1, 0.15) is 5.56 Å². The van der Waals surface area contributed by atoms with E-state index in [1.165, 1.54) is 0 Å². The van der Waals surface area contributed by atoms with Crippen molar-refractivity contribution < 1.29 is 0 Å². The number of halogens is 1. The molecule has 1 aromatic heterocycles. The van der Waals surface area contributed by atoms with E-state index in [1.54, 1.807) is 30.7 Å². The van der Waals surface area contributed by atoms with E-state index in [2.05, 4.69) is 16.4 Å². The van der Waals surface area contributed by atoms with Gasteiger partial charge in [0.1, 0.15) is 6.07 Å². The summed E-state index contributed by atoms with van der Waals surface area (Å²) in [5, 5.41) is 12.7. The number of aromatic nitrogens is 2. The van der Waals surface area contributed by atoms with Crippen molar-refractivity contribution in [1.29, 1.82) is 5.26 Å². The maximum absolute atomic E-state index is 8.96. The number of para-hydroxylation sites is 1. The molecule has 0 aliphatic heterocycles. The van der Waals surface area contributed by atoms with Gasteiger partial charge in [0.15, 0.2) is 0 Å². The molecule has 0 atom stereocenters. The summed E-state index contributed by atoms with van der Waals surface area (Å²) in [7, 11) is 0. The lowest BCUT2D eigenvalue weighted by Gasteiger charge is -2.10. The molecule has 1 heterocycles. The first-order valence-electron chi connectivity index (χ1n) is 5.19. The monoisotopic (exact) mass is 246 g/mol. The Kier molecular flexibility index (Phi) is 3.63. The fourth-order valence-electron chi connectivity index (χ4n) is 1.53. The van der Waals surface area contributed by atoms with Gasteiger partial charge in [-0.3, -0.25) is 0 Å². The molecule has 0 saturated heterocycles. The number of nitrogens with one attached hydrogen (secondary N) is 1. The number of anilines is 1. The predicted octanol–water partition coefficient (Wildman–Crippen LogP) is 2.52. The number of nitrogens with zero attached hydrogens (tertiary/aromatic N) is 3. The van der Waals surface area contributed by atoms with Gasteiger partial charge >= 0.3 is 0 Å². The third-order valence-electron chi connectivity index (χ3n) is 2.37. The molecule has 2 aromatic rings. The van der Waals surface area contributed by atoms with E-state index in [-0.39, 0.29) is 0 Å². The summed E-state index contributed by atoms with van der Waals surface area (Å²) in [6.45, 7) is 1.46. The van der Waals surface area contributed by atoms with Crippen LogP contribution >= 0.6 is 11.6 Å². The van der Waals surface area contributed by atoms with Crippen molar-refractivity contribution >= 4 is 17.3 Å². The normalized spacial score (nSPS) is 9.88. The summed E-state index contributed by atoms with van der Waals surface area (Å²) in [6.07, 6.45) is 5.37. The molecule has 17 heavy (non-hydrogen) atoms. The summed E-state index contributed by atoms with van der Waals surface area (Å²) in [6, 6.07) is 7.39. The third-order valence-corrected chi connectivity index (χ3v) is 2.68. The van der Waals surface area contributed by atoms with E-state index in [0.717, 1.165) is 6.54 Å². The summed E-state index contributed by atoms with van der Waals surface area (Å²) in [5.74, 6) is 0. The smallest absolute Gasteiger partial charge is 0.101 e. The van der Waals surface area contributed by atoms with E-state index < -0.39 is 0 Å². The average Bonchev–Trinajstić information content (AvgIpc) is 2.84. The lowest BCUT2D eigenvalue weighted by atomic mass is 10.2. The largest absolute Gasteiger partial charge is 0.381 e. The molecule has 2 rings (SSSR count). The second-order valence-electron chi connectivity index (χ2n) is 3.50. The van der Waals surface area contributed by atoms with Gasteiger partial charge in [-0.25, -0.2) is 4.98 Å². The minimum atomic E-state index is 0.558. The van der Waals surface area contributed by atoms with Gasteiger partial charge in [-0.05, 0) is 12.1 Å². The molecule has 0 spiro atoms. The Morgan fingerprint density at radius 2 is 2.35 bits per heavy atom. The van der Waals surface area contributed by atoms with Crippen molar-refractivity contribution in [1.82, 2.24) is 9.55 Å². The number of nitriles is 1. The Bertz CT molecular complexity index is 528. The Hall–Kier alpha value is -1.99. The minimum Gasteiger partial charge on any atom is -0.381 e. The zero-order valence-corrected chi connectivity index (χ0v) is 9.85. The van der Waals surface area contributed by atoms with Crippen LogP contribution in [0.3, 0.4) is 0 Å². The lowest BCUT2D eigenvalue weighted by Crippen LogP contribution is -2.10. The van der Waals surface area contributed by atoms with Gasteiger partial charge in [0, 0.05) is 25.5 Å². The minimum absolute atomic E-state index is 0.558. The highest BCUT2D eigenvalue weighted by molar-refractivity contribution is 6.33. The molecule has 0 unspecified atom stereocenters. The molecule has 0 radical (unpaired) electrons. The number of hydrogen-bond donors (Lipinski definition) is 1. The molecule has 0 bridgehead atoms. The van der Waals surface area contributed by atoms with Gasteiger partial charge in [0.05, 0.1) is 22.6 Å². The van der Waals surface area contributed by atoms with Gasteiger partial charge in [-0.15, -0.1) is 0 Å². The van der Waals surface area contributed by atoms with Gasteiger partial charge in [-0.2, -0.15) is 5.26 Å². The molecule has 1 aromatic carbocycles. The Balaban J connectivity index is 2.02. The molecule has 0 aliphatic carbocycles. The molecule has 1 N–H and O–H groups in total. The van der Waals surface area contributed by atoms with Crippen LogP contribution in [0.5, 0.6) is 0 Å². The van der Waals surface area contributed by atoms with Crippen LogP contribution in [0.15, 0.2) is 36.9 Å². The van der Waals surface area contributed by atoms with Crippen LogP contribution in [-0.4, -0.2) is 16.1 Å². The van der Waals surface area contributed by atoms with Crippen LogP contribution in [0.25, 0.3) is 0 Å². The standard InChI is InChI=1S/C12H11ClN4/c13-11-3-1-2-10(8-14)12(11)16-5-7-17-6-4-15-9-17/h1-4,6,9,16H,5,7H2. The van der Waals surface area contributed by atoms with Crippen molar-refractivity contribution in [2.24, 2.45) is 0 Å². The van der Waals surface area contributed by atoms with Gasteiger partial charge < -0.3 is 9.88 Å². The highest BCUT2D eigenvalue weighted by Gasteiger charge is 2.05. The molecular weight excluding hydrogens is 236 g/mol. The fourth-order valence-corrected chi connectivity index (χ4v) is 1.77. The molecule has 4 nitrogen and oxygen atoms in total. The van der Waals surface area contributed by atoms with Crippen molar-refractivity contribution in [3.05, 3.63) is 47.5 Å². The first-order valence-corrected chi connectivity index (χ1v) is 5.57. The Morgan fingerprint density at radius 1 is 1.47 bits per heavy atom. The molecule has 0 fully saturated rings. The average molecular weight is 247 g/mol. The molecule has 0 saturated carbocycles. The maximum atomic E-state index is 8.96. The number of benzene rings is 1. The summed E-state index contributed by atoms with van der Waals surface area (Å²) >= 11 is 6.04. The van der Waals surface area contributed by atoms with Gasteiger partial charge in [0.25, 0.3) is 0 Å². The summed E-state index contributed by atoms with van der Waals surface area (Å²) in [5.41, 5.74) is 1.25. The fraction of sp³-hybridized carbons (Fsp3) is 0.167. The summed E-state index contributed by atoms with van der Waals surface area (Å²) < 4.78 is 1.95.